The molecule has 0 saturated carbocycles. The minimum atomic E-state index is 0.159. The predicted octanol–water partition coefficient (Wildman–Crippen LogP) is 4.50. The van der Waals surface area contributed by atoms with Crippen molar-refractivity contribution in [1.29, 1.82) is 0 Å². The van der Waals surface area contributed by atoms with Crippen molar-refractivity contribution in [1.82, 2.24) is 4.98 Å². The van der Waals surface area contributed by atoms with Gasteiger partial charge in [-0.3, -0.25) is 4.98 Å². The van der Waals surface area contributed by atoms with Gasteiger partial charge < -0.3 is 0 Å². The lowest BCUT2D eigenvalue weighted by Gasteiger charge is -2.22. The van der Waals surface area contributed by atoms with Crippen LogP contribution < -0.4 is 0 Å². The van der Waals surface area contributed by atoms with E-state index in [0.29, 0.717) is 0 Å². The van der Waals surface area contributed by atoms with Crippen molar-refractivity contribution in [2.24, 2.45) is 0 Å². The number of hydrogen-bond donors (Lipinski definition) is 0. The minimum Gasteiger partial charge on any atom is -0.252 e. The fourth-order valence-corrected chi connectivity index (χ4v) is 2.21. The Balaban J connectivity index is 2.41. The van der Waals surface area contributed by atoms with Crippen molar-refractivity contribution in [2.75, 3.05) is 0 Å². The third-order valence-electron chi connectivity index (χ3n) is 3.14. The van der Waals surface area contributed by atoms with Gasteiger partial charge in [-0.25, -0.2) is 0 Å². The van der Waals surface area contributed by atoms with Gasteiger partial charge in [0, 0.05) is 22.1 Å². The van der Waals surface area contributed by atoms with Crippen LogP contribution >= 0.6 is 11.3 Å². The van der Waals surface area contributed by atoms with E-state index in [9.17, 15) is 0 Å². The molecule has 0 aliphatic carbocycles. The van der Waals surface area contributed by atoms with Gasteiger partial charge in [0.2, 0.25) is 0 Å². The first kappa shape index (κ1) is 11.3. The maximum Gasteiger partial charge on any atom is 0.0713 e. The average Bonchev–Trinajstić information content (AvgIpc) is 2.83. The molecule has 0 aliphatic heterocycles. The van der Waals surface area contributed by atoms with Crippen LogP contribution in [0.4, 0.5) is 0 Å². The summed E-state index contributed by atoms with van der Waals surface area (Å²) in [5.74, 6) is 0. The van der Waals surface area contributed by atoms with Crippen molar-refractivity contribution in [2.45, 2.75) is 32.6 Å². The summed E-state index contributed by atoms with van der Waals surface area (Å²) in [6.07, 6.45) is 1.10. The number of thiophene rings is 1. The molecule has 16 heavy (non-hydrogen) atoms. The summed E-state index contributed by atoms with van der Waals surface area (Å²) >= 11 is 1.71. The highest BCUT2D eigenvalue weighted by Gasteiger charge is 2.19. The third kappa shape index (κ3) is 2.17. The third-order valence-corrected chi connectivity index (χ3v) is 3.83. The first-order valence-corrected chi connectivity index (χ1v) is 6.58. The van der Waals surface area contributed by atoms with Crippen LogP contribution in [0.2, 0.25) is 0 Å². The van der Waals surface area contributed by atoms with Gasteiger partial charge in [0.1, 0.15) is 0 Å². The highest BCUT2D eigenvalue weighted by Crippen LogP contribution is 2.27. The largest absolute Gasteiger partial charge is 0.252 e. The molecule has 2 heterocycles. The van der Waals surface area contributed by atoms with Gasteiger partial charge in [0.15, 0.2) is 0 Å². The molecule has 0 spiro atoms. The zero-order valence-electron chi connectivity index (χ0n) is 10.0. The average molecular weight is 231 g/mol. The highest BCUT2D eigenvalue weighted by molar-refractivity contribution is 7.08. The molecule has 2 rings (SSSR count). The zero-order chi connectivity index (χ0) is 11.6. The van der Waals surface area contributed by atoms with Gasteiger partial charge in [-0.05, 0) is 30.0 Å². The van der Waals surface area contributed by atoms with Crippen LogP contribution in [-0.2, 0) is 5.41 Å². The molecule has 1 nitrogen and oxygen atoms in total. The summed E-state index contributed by atoms with van der Waals surface area (Å²) in [5, 5.41) is 4.24. The van der Waals surface area contributed by atoms with Crippen molar-refractivity contribution >= 4 is 11.3 Å². The number of hydrogen-bond acceptors (Lipinski definition) is 2. The van der Waals surface area contributed by atoms with Gasteiger partial charge in [0.25, 0.3) is 0 Å². The first-order valence-electron chi connectivity index (χ1n) is 5.63. The summed E-state index contributed by atoms with van der Waals surface area (Å²) in [6.45, 7) is 6.69. The Morgan fingerprint density at radius 3 is 2.69 bits per heavy atom. The summed E-state index contributed by atoms with van der Waals surface area (Å²) in [6, 6.07) is 8.43. The van der Waals surface area contributed by atoms with Crippen molar-refractivity contribution in [3.05, 3.63) is 40.7 Å². The SMILES string of the molecule is CCC(C)(C)c1cccc(-c2ccsc2)n1. The zero-order valence-corrected chi connectivity index (χ0v) is 10.8. The van der Waals surface area contributed by atoms with E-state index >= 15 is 0 Å². The fourth-order valence-electron chi connectivity index (χ4n) is 1.56. The molecule has 0 radical (unpaired) electrons. The predicted molar refractivity (Wildman–Crippen MR) is 70.9 cm³/mol. The maximum absolute atomic E-state index is 4.76. The van der Waals surface area contributed by atoms with E-state index < -0.39 is 0 Å². The van der Waals surface area contributed by atoms with Gasteiger partial charge >= 0.3 is 0 Å². The molecule has 0 fully saturated rings. The van der Waals surface area contributed by atoms with E-state index in [-0.39, 0.29) is 5.41 Å². The van der Waals surface area contributed by atoms with Crippen LogP contribution in [0, 0.1) is 0 Å². The van der Waals surface area contributed by atoms with E-state index in [1.807, 2.05) is 0 Å². The fraction of sp³-hybridized carbons (Fsp3) is 0.357. The normalized spacial score (nSPS) is 11.7. The Morgan fingerprint density at radius 1 is 1.25 bits per heavy atom. The Morgan fingerprint density at radius 2 is 2.06 bits per heavy atom. The first-order chi connectivity index (χ1) is 7.63. The van der Waals surface area contributed by atoms with E-state index in [2.05, 4.69) is 55.8 Å². The Hall–Kier alpha value is -1.15. The maximum atomic E-state index is 4.76. The van der Waals surface area contributed by atoms with E-state index in [4.69, 9.17) is 4.98 Å². The quantitative estimate of drug-likeness (QED) is 0.758. The second-order valence-electron chi connectivity index (χ2n) is 4.66. The molecule has 0 N–H and O–H groups in total. The van der Waals surface area contributed by atoms with Gasteiger partial charge in [0.05, 0.1) is 5.69 Å². The minimum absolute atomic E-state index is 0.159. The van der Waals surface area contributed by atoms with Gasteiger partial charge in [-0.1, -0.05) is 26.8 Å². The van der Waals surface area contributed by atoms with Crippen LogP contribution in [-0.4, -0.2) is 4.98 Å². The van der Waals surface area contributed by atoms with Gasteiger partial charge in [-0.2, -0.15) is 11.3 Å². The molecule has 0 atom stereocenters. The lowest BCUT2D eigenvalue weighted by atomic mass is 9.86. The Labute approximate surface area is 101 Å². The summed E-state index contributed by atoms with van der Waals surface area (Å²) in [4.78, 5) is 4.76. The molecule has 2 aromatic rings. The molecule has 84 valence electrons. The molecule has 0 saturated heterocycles. The molecule has 2 heteroatoms. The smallest absolute Gasteiger partial charge is 0.0713 e. The number of pyridine rings is 1. The van der Waals surface area contributed by atoms with Crippen molar-refractivity contribution < 1.29 is 0 Å². The monoisotopic (exact) mass is 231 g/mol. The molecule has 2 aromatic heterocycles. The van der Waals surface area contributed by atoms with Crippen LogP contribution in [0.5, 0.6) is 0 Å². The summed E-state index contributed by atoms with van der Waals surface area (Å²) in [5.41, 5.74) is 3.64. The molecule has 0 aliphatic rings. The van der Waals surface area contributed by atoms with Gasteiger partial charge in [-0.15, -0.1) is 0 Å². The molecule has 0 amide bonds. The second-order valence-corrected chi connectivity index (χ2v) is 5.44. The van der Waals surface area contributed by atoms with Crippen LogP contribution in [0.1, 0.15) is 32.9 Å². The van der Waals surface area contributed by atoms with E-state index in [0.717, 1.165) is 12.1 Å². The standard InChI is InChI=1S/C14H17NS/c1-4-14(2,3)13-7-5-6-12(15-13)11-8-9-16-10-11/h5-10H,4H2,1-3H3. The number of nitrogens with zero attached hydrogens (tertiary/aromatic N) is 1. The highest BCUT2D eigenvalue weighted by atomic mass is 32.1. The Bertz CT molecular complexity index is 457. The number of aromatic nitrogens is 1. The summed E-state index contributed by atoms with van der Waals surface area (Å²) in [7, 11) is 0. The van der Waals surface area contributed by atoms with E-state index in [1.165, 1.54) is 11.3 Å². The lowest BCUT2D eigenvalue weighted by molar-refractivity contribution is 0.491. The molecular formula is C14H17NS. The molecule has 0 unspecified atom stereocenters. The van der Waals surface area contributed by atoms with E-state index in [1.54, 1.807) is 11.3 Å². The second kappa shape index (κ2) is 4.38. The van der Waals surface area contributed by atoms with Crippen LogP contribution in [0.3, 0.4) is 0 Å². The Kier molecular flexibility index (Phi) is 3.10. The summed E-state index contributed by atoms with van der Waals surface area (Å²) < 4.78 is 0. The van der Waals surface area contributed by atoms with Crippen molar-refractivity contribution in [3.63, 3.8) is 0 Å². The molecule has 0 bridgehead atoms. The topological polar surface area (TPSA) is 12.9 Å². The molecule has 0 aromatic carbocycles. The van der Waals surface area contributed by atoms with Crippen LogP contribution in [0.15, 0.2) is 35.0 Å². The molecular weight excluding hydrogens is 214 g/mol. The number of rotatable bonds is 3. The van der Waals surface area contributed by atoms with Crippen molar-refractivity contribution in [3.8, 4) is 11.3 Å². The lowest BCUT2D eigenvalue weighted by Crippen LogP contribution is -2.17. The van der Waals surface area contributed by atoms with Crippen LogP contribution in [0.25, 0.3) is 11.3 Å².